The van der Waals surface area contributed by atoms with Crippen LogP contribution in [0.5, 0.6) is 17.4 Å². The van der Waals surface area contributed by atoms with Crippen molar-refractivity contribution in [1.29, 1.82) is 0 Å². The lowest BCUT2D eigenvalue weighted by Gasteiger charge is -2.30. The molecule has 0 spiro atoms. The highest BCUT2D eigenvalue weighted by Gasteiger charge is 2.17. The zero-order valence-corrected chi connectivity index (χ0v) is 18.7. The summed E-state index contributed by atoms with van der Waals surface area (Å²) in [4.78, 5) is 2.46. The van der Waals surface area contributed by atoms with Crippen molar-refractivity contribution >= 4 is 0 Å². The van der Waals surface area contributed by atoms with Gasteiger partial charge in [0, 0.05) is 24.4 Å². The van der Waals surface area contributed by atoms with Gasteiger partial charge in [-0.3, -0.25) is 9.47 Å². The molecule has 31 heavy (non-hydrogen) atoms. The molecule has 5 heteroatoms. The molecule has 0 amide bonds. The Bertz CT molecular complexity index is 1000. The summed E-state index contributed by atoms with van der Waals surface area (Å²) in [6, 6.07) is 15.8. The van der Waals surface area contributed by atoms with Gasteiger partial charge in [0.25, 0.3) is 0 Å². The Morgan fingerprint density at radius 1 is 1.00 bits per heavy atom. The van der Waals surface area contributed by atoms with Crippen molar-refractivity contribution in [2.45, 2.75) is 26.7 Å². The molecule has 1 fully saturated rings. The van der Waals surface area contributed by atoms with Crippen LogP contribution in [-0.2, 0) is 0 Å². The van der Waals surface area contributed by atoms with E-state index in [0.29, 0.717) is 18.1 Å². The van der Waals surface area contributed by atoms with Gasteiger partial charge in [-0.05, 0) is 62.5 Å². The van der Waals surface area contributed by atoms with Gasteiger partial charge in [-0.15, -0.1) is 0 Å². The number of ether oxygens (including phenoxy) is 2. The fraction of sp³-hybridized carbons (Fsp3) is 0.385. The van der Waals surface area contributed by atoms with Gasteiger partial charge < -0.3 is 14.6 Å². The van der Waals surface area contributed by atoms with Crippen LogP contribution in [0.3, 0.4) is 0 Å². The highest BCUT2D eigenvalue weighted by Crippen LogP contribution is 2.35. The molecular formula is C26H32N2O3. The first-order valence-corrected chi connectivity index (χ1v) is 11.1. The molecular weight excluding hydrogens is 388 g/mol. The number of methoxy groups -OCH3 is 1. The average molecular weight is 421 g/mol. The molecule has 0 atom stereocenters. The lowest BCUT2D eigenvalue weighted by molar-refractivity contribution is 0.158. The van der Waals surface area contributed by atoms with Crippen LogP contribution in [-0.4, -0.2) is 47.9 Å². The predicted octanol–water partition coefficient (Wildman–Crippen LogP) is 5.28. The summed E-state index contributed by atoms with van der Waals surface area (Å²) < 4.78 is 13.4. The van der Waals surface area contributed by atoms with E-state index in [-0.39, 0.29) is 5.88 Å². The summed E-state index contributed by atoms with van der Waals surface area (Å²) in [7, 11) is 1.65. The normalized spacial score (nSPS) is 15.2. The maximum Gasteiger partial charge on any atom is 0.203 e. The number of hydrogen-bond donors (Lipinski definition) is 1. The number of aromatic hydroxyl groups is 1. The van der Waals surface area contributed by atoms with Crippen molar-refractivity contribution in [3.63, 3.8) is 0 Å². The summed E-state index contributed by atoms with van der Waals surface area (Å²) in [6.07, 6.45) is 4.40. The minimum Gasteiger partial charge on any atom is -0.494 e. The molecule has 0 unspecified atom stereocenters. The number of aryl methyl sites for hydroxylation is 1. The fourth-order valence-electron chi connectivity index (χ4n) is 4.09. The highest BCUT2D eigenvalue weighted by atomic mass is 16.5. The smallest absolute Gasteiger partial charge is 0.203 e. The third-order valence-electron chi connectivity index (χ3n) is 6.19. The van der Waals surface area contributed by atoms with Crippen molar-refractivity contribution in [2.75, 3.05) is 33.4 Å². The van der Waals surface area contributed by atoms with E-state index in [4.69, 9.17) is 9.47 Å². The quantitative estimate of drug-likeness (QED) is 0.565. The second-order valence-electron chi connectivity index (χ2n) is 8.50. The summed E-state index contributed by atoms with van der Waals surface area (Å²) in [5, 5.41) is 10.9. The SMILES string of the molecule is COc1ccc(-n2ccc(-c3ccc(C)cc3)c2O)cc1OCCN1CCC(C)CC1. The van der Waals surface area contributed by atoms with Crippen LogP contribution >= 0.6 is 0 Å². The topological polar surface area (TPSA) is 46.9 Å². The molecule has 1 aromatic heterocycles. The van der Waals surface area contributed by atoms with Crippen LogP contribution < -0.4 is 9.47 Å². The van der Waals surface area contributed by atoms with Crippen LogP contribution in [0.15, 0.2) is 54.7 Å². The largest absolute Gasteiger partial charge is 0.494 e. The van der Waals surface area contributed by atoms with E-state index in [1.807, 2.05) is 42.6 Å². The molecule has 1 saturated heterocycles. The Morgan fingerprint density at radius 3 is 2.45 bits per heavy atom. The summed E-state index contributed by atoms with van der Waals surface area (Å²) in [5.74, 6) is 2.42. The van der Waals surface area contributed by atoms with Crippen LogP contribution in [0.25, 0.3) is 16.8 Å². The maximum absolute atomic E-state index is 10.9. The first-order valence-electron chi connectivity index (χ1n) is 11.1. The van der Waals surface area contributed by atoms with Crippen molar-refractivity contribution in [3.05, 3.63) is 60.3 Å². The zero-order chi connectivity index (χ0) is 21.8. The molecule has 1 aliphatic rings. The van der Waals surface area contributed by atoms with Crippen molar-refractivity contribution in [3.8, 4) is 34.2 Å². The van der Waals surface area contributed by atoms with E-state index >= 15 is 0 Å². The van der Waals surface area contributed by atoms with Gasteiger partial charge in [0.1, 0.15) is 6.61 Å². The Hall–Kier alpha value is -2.92. The summed E-state index contributed by atoms with van der Waals surface area (Å²) >= 11 is 0. The number of hydrogen-bond acceptors (Lipinski definition) is 4. The Balaban J connectivity index is 1.50. The molecule has 0 aliphatic carbocycles. The number of rotatable bonds is 7. The standard InChI is InChI=1S/C26H32N2O3/c1-19-4-6-21(7-5-19)23-12-15-28(26(23)29)22-8-9-24(30-3)25(18-22)31-17-16-27-13-10-20(2)11-14-27/h4-9,12,15,18,20,29H,10-11,13-14,16-17H2,1-3H3. The lowest BCUT2D eigenvalue weighted by Crippen LogP contribution is -2.35. The first kappa shape index (κ1) is 21.3. The van der Waals surface area contributed by atoms with Gasteiger partial charge >= 0.3 is 0 Å². The van der Waals surface area contributed by atoms with Crippen LogP contribution in [0.4, 0.5) is 0 Å². The van der Waals surface area contributed by atoms with Crippen LogP contribution in [0.1, 0.15) is 25.3 Å². The number of likely N-dealkylation sites (tertiary alicyclic amines) is 1. The van der Waals surface area contributed by atoms with Gasteiger partial charge in [0.05, 0.1) is 12.8 Å². The Kier molecular flexibility index (Phi) is 6.52. The third-order valence-corrected chi connectivity index (χ3v) is 6.19. The molecule has 1 aliphatic heterocycles. The zero-order valence-electron chi connectivity index (χ0n) is 18.7. The van der Waals surface area contributed by atoms with Crippen molar-refractivity contribution in [2.24, 2.45) is 5.92 Å². The second kappa shape index (κ2) is 9.48. The minimum atomic E-state index is 0.211. The van der Waals surface area contributed by atoms with Gasteiger partial charge in [0.2, 0.25) is 5.88 Å². The molecule has 2 heterocycles. The van der Waals surface area contributed by atoms with E-state index in [1.165, 1.54) is 18.4 Å². The Labute approximate surface area is 184 Å². The molecule has 0 bridgehead atoms. The highest BCUT2D eigenvalue weighted by molar-refractivity contribution is 5.70. The van der Waals surface area contributed by atoms with Crippen LogP contribution in [0.2, 0.25) is 0 Å². The molecule has 1 N–H and O–H groups in total. The van der Waals surface area contributed by atoms with Gasteiger partial charge in [0.15, 0.2) is 11.5 Å². The first-order chi connectivity index (χ1) is 15.0. The summed E-state index contributed by atoms with van der Waals surface area (Å²) in [6.45, 7) is 8.18. The lowest BCUT2D eigenvalue weighted by atomic mass is 9.99. The number of piperidine rings is 1. The number of nitrogens with zero attached hydrogens (tertiary/aromatic N) is 2. The van der Waals surface area contributed by atoms with Gasteiger partial charge in [-0.2, -0.15) is 0 Å². The monoisotopic (exact) mass is 420 g/mol. The van der Waals surface area contributed by atoms with E-state index in [0.717, 1.165) is 42.4 Å². The van der Waals surface area contributed by atoms with E-state index in [2.05, 4.69) is 30.9 Å². The van der Waals surface area contributed by atoms with Crippen molar-refractivity contribution in [1.82, 2.24) is 9.47 Å². The molecule has 2 aromatic carbocycles. The number of aromatic nitrogens is 1. The van der Waals surface area contributed by atoms with Gasteiger partial charge in [-0.1, -0.05) is 36.8 Å². The third kappa shape index (κ3) is 4.88. The average Bonchev–Trinajstić information content (AvgIpc) is 3.17. The summed E-state index contributed by atoms with van der Waals surface area (Å²) in [5.41, 5.74) is 3.82. The maximum atomic E-state index is 10.9. The number of benzene rings is 2. The van der Waals surface area contributed by atoms with E-state index in [9.17, 15) is 5.11 Å². The van der Waals surface area contributed by atoms with E-state index in [1.54, 1.807) is 11.7 Å². The van der Waals surface area contributed by atoms with Gasteiger partial charge in [-0.25, -0.2) is 0 Å². The molecule has 5 nitrogen and oxygen atoms in total. The molecule has 3 aromatic rings. The molecule has 0 radical (unpaired) electrons. The van der Waals surface area contributed by atoms with Crippen LogP contribution in [0, 0.1) is 12.8 Å². The molecule has 164 valence electrons. The molecule has 0 saturated carbocycles. The van der Waals surface area contributed by atoms with Crippen molar-refractivity contribution < 1.29 is 14.6 Å². The van der Waals surface area contributed by atoms with E-state index < -0.39 is 0 Å². The molecule has 4 rings (SSSR count). The Morgan fingerprint density at radius 2 is 1.74 bits per heavy atom. The minimum absolute atomic E-state index is 0.211. The second-order valence-corrected chi connectivity index (χ2v) is 8.50. The fourth-order valence-corrected chi connectivity index (χ4v) is 4.09. The predicted molar refractivity (Wildman–Crippen MR) is 124 cm³/mol.